The maximum Gasteiger partial charge on any atom is 0.223 e. The third-order valence-electron chi connectivity index (χ3n) is 7.60. The first-order valence-electron chi connectivity index (χ1n) is 11.9. The number of rotatable bonds is 6. The van der Waals surface area contributed by atoms with Gasteiger partial charge in [-0.15, -0.1) is 0 Å². The lowest BCUT2D eigenvalue weighted by Crippen LogP contribution is -2.47. The van der Waals surface area contributed by atoms with Crippen molar-refractivity contribution in [3.63, 3.8) is 0 Å². The number of piperazine rings is 1. The van der Waals surface area contributed by atoms with Crippen LogP contribution in [0.1, 0.15) is 56.6 Å². The van der Waals surface area contributed by atoms with Crippen LogP contribution in [0.3, 0.4) is 0 Å². The van der Waals surface area contributed by atoms with Crippen molar-refractivity contribution in [1.82, 2.24) is 10.2 Å². The monoisotopic (exact) mass is 397 g/mol. The third-order valence-corrected chi connectivity index (χ3v) is 7.60. The molecule has 1 heterocycles. The van der Waals surface area contributed by atoms with Gasteiger partial charge in [0.1, 0.15) is 0 Å². The number of carbonyl (C=O) groups excluding carboxylic acids is 1. The molecule has 2 aliphatic carbocycles. The highest BCUT2D eigenvalue weighted by molar-refractivity contribution is 5.81. The van der Waals surface area contributed by atoms with Crippen molar-refractivity contribution in [2.24, 2.45) is 17.8 Å². The van der Waals surface area contributed by atoms with Crippen LogP contribution in [-0.4, -0.2) is 49.6 Å². The number of hydrogen-bond acceptors (Lipinski definition) is 3. The maximum absolute atomic E-state index is 12.6. The Balaban J connectivity index is 1.18. The minimum atomic E-state index is 0.274. The minimum Gasteiger partial charge on any atom is -0.369 e. The molecule has 0 radical (unpaired) electrons. The molecule has 1 saturated heterocycles. The number of benzene rings is 1. The van der Waals surface area contributed by atoms with Gasteiger partial charge in [-0.25, -0.2) is 0 Å². The van der Waals surface area contributed by atoms with Crippen molar-refractivity contribution in [3.8, 4) is 0 Å². The molecule has 1 aromatic rings. The van der Waals surface area contributed by atoms with E-state index in [9.17, 15) is 4.79 Å². The topological polar surface area (TPSA) is 35.6 Å². The lowest BCUT2D eigenvalue weighted by molar-refractivity contribution is -0.123. The number of nitrogens with zero attached hydrogens (tertiary/aromatic N) is 2. The van der Waals surface area contributed by atoms with E-state index in [1.807, 2.05) is 0 Å². The SMILES string of the molecule is CC[C@H]1CC[C@H](NC(=O)[C@@H]2C[C@H]2CN2CCN(c3cc(C)ccc3C)CC2)CC1. The van der Waals surface area contributed by atoms with Crippen molar-refractivity contribution in [3.05, 3.63) is 29.3 Å². The number of aryl methyl sites for hydroxylation is 2. The maximum atomic E-state index is 12.6. The molecular weight excluding hydrogens is 358 g/mol. The Morgan fingerprint density at radius 1 is 1.07 bits per heavy atom. The van der Waals surface area contributed by atoms with E-state index in [1.54, 1.807) is 0 Å². The quantitative estimate of drug-likeness (QED) is 0.783. The summed E-state index contributed by atoms with van der Waals surface area (Å²) < 4.78 is 0. The smallest absolute Gasteiger partial charge is 0.223 e. The predicted molar refractivity (Wildman–Crippen MR) is 120 cm³/mol. The van der Waals surface area contributed by atoms with Crippen LogP contribution in [0, 0.1) is 31.6 Å². The summed E-state index contributed by atoms with van der Waals surface area (Å²) in [6.45, 7) is 12.2. The first kappa shape index (κ1) is 20.7. The fourth-order valence-electron chi connectivity index (χ4n) is 5.36. The molecule has 2 saturated carbocycles. The molecule has 2 atom stereocenters. The van der Waals surface area contributed by atoms with Gasteiger partial charge in [-0.3, -0.25) is 9.69 Å². The summed E-state index contributed by atoms with van der Waals surface area (Å²) in [6, 6.07) is 7.19. The Hall–Kier alpha value is -1.55. The molecule has 3 aliphatic rings. The highest BCUT2D eigenvalue weighted by Gasteiger charge is 2.44. The number of hydrogen-bond donors (Lipinski definition) is 1. The normalized spacial score (nSPS) is 30.2. The Bertz CT molecular complexity index is 702. The van der Waals surface area contributed by atoms with E-state index in [1.165, 1.54) is 48.9 Å². The lowest BCUT2D eigenvalue weighted by atomic mass is 9.84. The van der Waals surface area contributed by atoms with Gasteiger partial charge in [0, 0.05) is 50.4 Å². The highest BCUT2D eigenvalue weighted by Crippen LogP contribution is 2.40. The first-order valence-corrected chi connectivity index (χ1v) is 11.9. The molecular formula is C25H39N3O. The van der Waals surface area contributed by atoms with Gasteiger partial charge >= 0.3 is 0 Å². The summed E-state index contributed by atoms with van der Waals surface area (Å²) in [7, 11) is 0. The van der Waals surface area contributed by atoms with E-state index in [4.69, 9.17) is 0 Å². The molecule has 4 rings (SSSR count). The molecule has 29 heavy (non-hydrogen) atoms. The van der Waals surface area contributed by atoms with Gasteiger partial charge in [0.15, 0.2) is 0 Å². The van der Waals surface area contributed by atoms with E-state index in [0.29, 0.717) is 17.9 Å². The minimum absolute atomic E-state index is 0.274. The van der Waals surface area contributed by atoms with E-state index in [0.717, 1.165) is 45.1 Å². The zero-order valence-electron chi connectivity index (χ0n) is 18.6. The van der Waals surface area contributed by atoms with Crippen LogP contribution >= 0.6 is 0 Å². The van der Waals surface area contributed by atoms with E-state index < -0.39 is 0 Å². The standard InChI is InChI=1S/C25H39N3O/c1-4-20-7-9-22(10-8-20)26-25(29)23-16-21(23)17-27-11-13-28(14-12-27)24-15-18(2)5-6-19(24)3/h5-6,15,20-23H,4,7-14,16-17H2,1-3H3,(H,26,29)/t20-,21-,22-,23+/m0/s1. The van der Waals surface area contributed by atoms with Crippen LogP contribution in [0.2, 0.25) is 0 Å². The molecule has 1 N–H and O–H groups in total. The first-order chi connectivity index (χ1) is 14.0. The molecule has 1 aromatic carbocycles. The van der Waals surface area contributed by atoms with Gasteiger partial charge in [-0.2, -0.15) is 0 Å². The summed E-state index contributed by atoms with van der Waals surface area (Å²) in [5.41, 5.74) is 4.10. The Morgan fingerprint density at radius 3 is 2.48 bits per heavy atom. The van der Waals surface area contributed by atoms with Crippen molar-refractivity contribution < 1.29 is 4.79 Å². The molecule has 4 nitrogen and oxygen atoms in total. The number of carbonyl (C=O) groups is 1. The van der Waals surface area contributed by atoms with E-state index in [-0.39, 0.29) is 5.92 Å². The van der Waals surface area contributed by atoms with Gasteiger partial charge in [-0.05, 0) is 75.0 Å². The fourth-order valence-corrected chi connectivity index (χ4v) is 5.36. The summed E-state index contributed by atoms with van der Waals surface area (Å²) in [5, 5.41) is 3.37. The zero-order valence-corrected chi connectivity index (χ0v) is 18.6. The number of anilines is 1. The van der Waals surface area contributed by atoms with Crippen LogP contribution < -0.4 is 10.2 Å². The predicted octanol–water partition coefficient (Wildman–Crippen LogP) is 4.15. The molecule has 0 bridgehead atoms. The van der Waals surface area contributed by atoms with Crippen LogP contribution in [0.15, 0.2) is 18.2 Å². The average Bonchev–Trinajstić information content (AvgIpc) is 3.50. The molecule has 0 aromatic heterocycles. The average molecular weight is 398 g/mol. The lowest BCUT2D eigenvalue weighted by Gasteiger charge is -2.37. The van der Waals surface area contributed by atoms with Crippen molar-refractivity contribution in [1.29, 1.82) is 0 Å². The van der Waals surface area contributed by atoms with Crippen LogP contribution in [0.4, 0.5) is 5.69 Å². The van der Waals surface area contributed by atoms with Crippen molar-refractivity contribution in [2.45, 2.75) is 65.3 Å². The van der Waals surface area contributed by atoms with Gasteiger partial charge in [0.05, 0.1) is 0 Å². The fraction of sp³-hybridized carbons (Fsp3) is 0.720. The Labute approximate surface area is 177 Å². The molecule has 160 valence electrons. The van der Waals surface area contributed by atoms with Crippen LogP contribution in [0.25, 0.3) is 0 Å². The summed E-state index contributed by atoms with van der Waals surface area (Å²) >= 11 is 0. The largest absolute Gasteiger partial charge is 0.369 e. The second kappa shape index (κ2) is 9.07. The summed E-state index contributed by atoms with van der Waals surface area (Å²) in [4.78, 5) is 17.8. The molecule has 4 heteroatoms. The van der Waals surface area contributed by atoms with E-state index in [2.05, 4.69) is 54.1 Å². The summed E-state index contributed by atoms with van der Waals surface area (Å²) in [6.07, 6.45) is 7.33. The van der Waals surface area contributed by atoms with Gasteiger partial charge in [0.25, 0.3) is 0 Å². The molecule has 1 aliphatic heterocycles. The molecule has 1 amide bonds. The Kier molecular flexibility index (Phi) is 6.48. The van der Waals surface area contributed by atoms with Gasteiger partial charge < -0.3 is 10.2 Å². The van der Waals surface area contributed by atoms with Crippen molar-refractivity contribution >= 4 is 11.6 Å². The number of amides is 1. The summed E-state index contributed by atoms with van der Waals surface area (Å²) in [5.74, 6) is 2.08. The Morgan fingerprint density at radius 2 is 1.79 bits per heavy atom. The zero-order chi connectivity index (χ0) is 20.4. The van der Waals surface area contributed by atoms with E-state index >= 15 is 0 Å². The molecule has 3 fully saturated rings. The molecule has 0 spiro atoms. The van der Waals surface area contributed by atoms with Crippen LogP contribution in [0.5, 0.6) is 0 Å². The van der Waals surface area contributed by atoms with Crippen molar-refractivity contribution in [2.75, 3.05) is 37.6 Å². The highest BCUT2D eigenvalue weighted by atomic mass is 16.2. The van der Waals surface area contributed by atoms with Gasteiger partial charge in [-0.1, -0.05) is 25.5 Å². The molecule has 0 unspecified atom stereocenters. The second-order valence-electron chi connectivity index (χ2n) is 9.81. The second-order valence-corrected chi connectivity index (χ2v) is 9.81. The number of nitrogens with one attached hydrogen (secondary N) is 1. The van der Waals surface area contributed by atoms with Crippen LogP contribution in [-0.2, 0) is 4.79 Å². The third kappa shape index (κ3) is 5.14. The van der Waals surface area contributed by atoms with Gasteiger partial charge in [0.2, 0.25) is 5.91 Å².